The van der Waals surface area contributed by atoms with Crippen LogP contribution in [0.15, 0.2) is 23.8 Å². The van der Waals surface area contributed by atoms with Crippen LogP contribution in [0.2, 0.25) is 0 Å². The number of hydrogen-bond acceptors (Lipinski definition) is 9. The third-order valence-corrected chi connectivity index (χ3v) is 12.0. The molecule has 1 saturated carbocycles. The minimum absolute atomic E-state index is 0.0380. The fourth-order valence-electron chi connectivity index (χ4n) is 10.0. The number of ketones is 2. The molecule has 0 amide bonds. The van der Waals surface area contributed by atoms with Crippen molar-refractivity contribution in [1.29, 1.82) is 0 Å². The molecular formula is C28H30O9. The molecule has 3 aliphatic carbocycles. The van der Waals surface area contributed by atoms with Crippen LogP contribution in [0.1, 0.15) is 52.9 Å². The van der Waals surface area contributed by atoms with Crippen molar-refractivity contribution in [3.05, 3.63) is 23.8 Å². The van der Waals surface area contributed by atoms with Crippen LogP contribution in [0.25, 0.3) is 0 Å². The van der Waals surface area contributed by atoms with Crippen LogP contribution in [0.5, 0.6) is 0 Å². The number of Topliss-reactive ketones (excluding diaryl/α,β-unsaturated/α-hetero) is 1. The van der Waals surface area contributed by atoms with E-state index in [1.807, 2.05) is 26.0 Å². The Labute approximate surface area is 213 Å². The average Bonchev–Trinajstić information content (AvgIpc) is 3.16. The highest BCUT2D eigenvalue weighted by molar-refractivity contribution is 6.01. The number of ether oxygens (including phenoxy) is 4. The SMILES string of the molecule is CC12OC(=O)[C@]3(O)CC[C@H]4[C@@H](CC=C5CC=CC(=O)[C@]54C)C45OC[C@H]6C(=O)O[C@H]1C[C@@]6(C)[C@H](C4=O)C23O5. The Morgan fingerprint density at radius 3 is 2.65 bits per heavy atom. The van der Waals surface area contributed by atoms with Gasteiger partial charge in [0.25, 0.3) is 0 Å². The summed E-state index contributed by atoms with van der Waals surface area (Å²) in [6, 6.07) is 0. The normalized spacial score (nSPS) is 58.5. The fraction of sp³-hybridized carbons (Fsp3) is 0.714. The van der Waals surface area contributed by atoms with E-state index in [2.05, 4.69) is 0 Å². The number of fused-ring (bicyclic) bond motifs is 5. The highest BCUT2D eigenvalue weighted by Crippen LogP contribution is 2.75. The molecular weight excluding hydrogens is 480 g/mol. The molecule has 8 rings (SSSR count). The van der Waals surface area contributed by atoms with Gasteiger partial charge in [-0.15, -0.1) is 0 Å². The van der Waals surface area contributed by atoms with E-state index >= 15 is 0 Å². The van der Waals surface area contributed by atoms with Gasteiger partial charge in [0, 0.05) is 5.92 Å². The van der Waals surface area contributed by atoms with Crippen LogP contribution < -0.4 is 0 Å². The van der Waals surface area contributed by atoms with Gasteiger partial charge in [-0.1, -0.05) is 24.6 Å². The van der Waals surface area contributed by atoms with E-state index in [9.17, 15) is 24.3 Å². The lowest BCUT2D eigenvalue weighted by Crippen LogP contribution is -2.79. The summed E-state index contributed by atoms with van der Waals surface area (Å²) in [7, 11) is 0. The first-order valence-electron chi connectivity index (χ1n) is 13.4. The van der Waals surface area contributed by atoms with Gasteiger partial charge in [0.05, 0.1) is 23.9 Å². The molecule has 0 aromatic rings. The Morgan fingerprint density at radius 2 is 1.86 bits per heavy atom. The molecule has 2 spiro atoms. The maximum absolute atomic E-state index is 14.8. The number of esters is 2. The summed E-state index contributed by atoms with van der Waals surface area (Å²) in [6.45, 7) is 5.29. The Kier molecular flexibility index (Phi) is 3.73. The lowest BCUT2D eigenvalue weighted by Gasteiger charge is -2.63. The third-order valence-electron chi connectivity index (χ3n) is 12.0. The Morgan fingerprint density at radius 1 is 1.08 bits per heavy atom. The summed E-state index contributed by atoms with van der Waals surface area (Å²) in [6.07, 6.45) is 6.24. The number of carbonyl (C=O) groups excluding carboxylic acids is 4. The second-order valence-corrected chi connectivity index (χ2v) is 13.0. The van der Waals surface area contributed by atoms with Gasteiger partial charge in [-0.05, 0) is 63.4 Å². The first-order valence-corrected chi connectivity index (χ1v) is 13.4. The van der Waals surface area contributed by atoms with E-state index in [1.165, 1.54) is 0 Å². The highest BCUT2D eigenvalue weighted by Gasteiger charge is 2.93. The topological polar surface area (TPSA) is 125 Å². The predicted octanol–water partition coefficient (Wildman–Crippen LogP) is 1.56. The molecule has 5 aliphatic heterocycles. The zero-order valence-electron chi connectivity index (χ0n) is 21.1. The average molecular weight is 511 g/mol. The standard InChI is InChI=1S/C28H30O9/c1-23-11-18-25(3)28-19(23)20(30)27(37-28,34-12-16(23)21(31)35-18)15-8-7-13-5-4-6-17(29)24(13,2)14(15)9-10-26(28,33)22(32)36-25/h4,6-7,14-16,18-19,33H,5,8-12H2,1-3H3/t14-,15+,16-,18-,19-,23+,24+,25?,26+,27?,28?/m0/s1. The molecule has 11 atom stereocenters. The van der Waals surface area contributed by atoms with Crippen molar-refractivity contribution in [2.45, 2.75) is 81.6 Å². The van der Waals surface area contributed by atoms with Crippen molar-refractivity contribution in [2.24, 2.45) is 34.5 Å². The molecule has 5 bridgehead atoms. The molecule has 8 aliphatic rings. The first-order chi connectivity index (χ1) is 17.4. The number of hydrogen-bond donors (Lipinski definition) is 1. The van der Waals surface area contributed by atoms with E-state index in [0.717, 1.165) is 5.57 Å². The van der Waals surface area contributed by atoms with Gasteiger partial charge in [-0.2, -0.15) is 0 Å². The number of allylic oxidation sites excluding steroid dienone is 4. The van der Waals surface area contributed by atoms with Gasteiger partial charge in [0.15, 0.2) is 28.4 Å². The minimum atomic E-state index is -2.17. The van der Waals surface area contributed by atoms with Crippen LogP contribution in [0, 0.1) is 34.5 Å². The lowest BCUT2D eigenvalue weighted by atomic mass is 9.46. The van der Waals surface area contributed by atoms with Gasteiger partial charge in [-0.3, -0.25) is 14.4 Å². The van der Waals surface area contributed by atoms with E-state index < -0.39 is 75.1 Å². The summed E-state index contributed by atoms with van der Waals surface area (Å²) >= 11 is 0. The van der Waals surface area contributed by atoms with E-state index in [0.29, 0.717) is 25.7 Å². The summed E-state index contributed by atoms with van der Waals surface area (Å²) in [5.74, 6) is -6.36. The first kappa shape index (κ1) is 22.6. The third kappa shape index (κ3) is 1.97. The Hall–Kier alpha value is -2.36. The smallest absolute Gasteiger partial charge is 0.342 e. The number of aliphatic hydroxyl groups is 1. The molecule has 9 heteroatoms. The number of carbonyl (C=O) groups is 4. The highest BCUT2D eigenvalue weighted by atomic mass is 16.8. The van der Waals surface area contributed by atoms with Crippen LogP contribution >= 0.6 is 0 Å². The molecule has 6 fully saturated rings. The minimum Gasteiger partial charge on any atom is -0.458 e. The Balaban J connectivity index is 1.43. The quantitative estimate of drug-likeness (QED) is 0.382. The summed E-state index contributed by atoms with van der Waals surface area (Å²) in [5.41, 5.74) is -6.43. The van der Waals surface area contributed by atoms with Crippen molar-refractivity contribution < 1.29 is 43.2 Å². The fourth-order valence-corrected chi connectivity index (χ4v) is 10.0. The van der Waals surface area contributed by atoms with Crippen molar-refractivity contribution in [3.63, 3.8) is 0 Å². The van der Waals surface area contributed by atoms with Crippen molar-refractivity contribution >= 4 is 23.5 Å². The van der Waals surface area contributed by atoms with E-state index in [-0.39, 0.29) is 24.6 Å². The van der Waals surface area contributed by atoms with E-state index in [4.69, 9.17) is 18.9 Å². The maximum Gasteiger partial charge on any atom is 0.342 e. The van der Waals surface area contributed by atoms with Crippen LogP contribution in [-0.2, 0) is 38.1 Å². The lowest BCUT2D eigenvalue weighted by molar-refractivity contribution is -0.374. The summed E-state index contributed by atoms with van der Waals surface area (Å²) < 4.78 is 25.1. The van der Waals surface area contributed by atoms with Crippen LogP contribution in [-0.4, -0.2) is 63.9 Å². The summed E-state index contributed by atoms with van der Waals surface area (Å²) in [5, 5.41) is 12.4. The molecule has 1 N–H and O–H groups in total. The van der Waals surface area contributed by atoms with Gasteiger partial charge in [0.2, 0.25) is 5.79 Å². The molecule has 0 radical (unpaired) electrons. The second kappa shape index (κ2) is 6.10. The number of rotatable bonds is 0. The molecule has 37 heavy (non-hydrogen) atoms. The van der Waals surface area contributed by atoms with E-state index in [1.54, 1.807) is 13.0 Å². The molecule has 3 unspecified atom stereocenters. The molecule has 5 heterocycles. The molecule has 0 aromatic carbocycles. The molecule has 196 valence electrons. The van der Waals surface area contributed by atoms with Crippen LogP contribution in [0.4, 0.5) is 0 Å². The molecule has 5 saturated heterocycles. The molecule has 9 nitrogen and oxygen atoms in total. The Bertz CT molecular complexity index is 1300. The van der Waals surface area contributed by atoms with Crippen molar-refractivity contribution in [3.8, 4) is 0 Å². The van der Waals surface area contributed by atoms with Crippen molar-refractivity contribution in [1.82, 2.24) is 0 Å². The molecule has 0 aromatic heterocycles. The zero-order chi connectivity index (χ0) is 26.0. The monoisotopic (exact) mass is 510 g/mol. The van der Waals surface area contributed by atoms with Gasteiger partial charge in [-0.25, -0.2) is 4.79 Å². The summed E-state index contributed by atoms with van der Waals surface area (Å²) in [4.78, 5) is 55.2. The second-order valence-electron chi connectivity index (χ2n) is 13.0. The van der Waals surface area contributed by atoms with Gasteiger partial charge >= 0.3 is 11.9 Å². The largest absolute Gasteiger partial charge is 0.458 e. The van der Waals surface area contributed by atoms with Crippen LogP contribution in [0.3, 0.4) is 0 Å². The van der Waals surface area contributed by atoms with Gasteiger partial charge < -0.3 is 24.1 Å². The predicted molar refractivity (Wildman–Crippen MR) is 122 cm³/mol. The van der Waals surface area contributed by atoms with Gasteiger partial charge in [0.1, 0.15) is 6.10 Å². The zero-order valence-corrected chi connectivity index (χ0v) is 21.1. The maximum atomic E-state index is 14.8. The van der Waals surface area contributed by atoms with Crippen molar-refractivity contribution in [2.75, 3.05) is 6.61 Å².